The first kappa shape index (κ1) is 14.6. The molecule has 0 N–H and O–H groups in total. The lowest BCUT2D eigenvalue weighted by atomic mass is 10.1. The van der Waals surface area contributed by atoms with Crippen LogP contribution in [-0.2, 0) is 11.2 Å². The summed E-state index contributed by atoms with van der Waals surface area (Å²) in [5.74, 6) is 0.965. The molecule has 1 rings (SSSR count). The molecule has 0 atom stereocenters. The van der Waals surface area contributed by atoms with Gasteiger partial charge in [-0.05, 0) is 37.0 Å². The highest BCUT2D eigenvalue weighted by Gasteiger charge is 1.96. The van der Waals surface area contributed by atoms with Crippen LogP contribution in [0.5, 0.6) is 0 Å². The van der Waals surface area contributed by atoms with Gasteiger partial charge in [0.15, 0.2) is 5.12 Å². The second-order valence-corrected chi connectivity index (χ2v) is 5.84. The molecular weight excluding hydrogens is 252 g/mol. The molecule has 0 saturated heterocycles. The summed E-state index contributed by atoms with van der Waals surface area (Å²) in [4.78, 5) is 10.7. The van der Waals surface area contributed by atoms with Crippen molar-refractivity contribution in [2.45, 2.75) is 39.0 Å². The summed E-state index contributed by atoms with van der Waals surface area (Å²) in [6.45, 7) is 1.63. The van der Waals surface area contributed by atoms with Crippen LogP contribution in [0.3, 0.4) is 0 Å². The van der Waals surface area contributed by atoms with Gasteiger partial charge in [0, 0.05) is 17.7 Å². The van der Waals surface area contributed by atoms with Crippen molar-refractivity contribution >= 4 is 28.5 Å². The highest BCUT2D eigenvalue weighted by molar-refractivity contribution is 8.13. The van der Waals surface area contributed by atoms with Crippen LogP contribution in [0.1, 0.15) is 38.2 Å². The SMILES string of the molecule is CC(=O)SCCCCCCc1cccc(Cl)c1. The van der Waals surface area contributed by atoms with Gasteiger partial charge in [0.2, 0.25) is 0 Å². The van der Waals surface area contributed by atoms with Crippen molar-refractivity contribution < 1.29 is 4.79 Å². The minimum absolute atomic E-state index is 0.226. The number of benzene rings is 1. The Morgan fingerprint density at radius 1 is 1.24 bits per heavy atom. The first-order valence-corrected chi connectivity index (χ1v) is 7.42. The molecule has 0 unspecified atom stereocenters. The van der Waals surface area contributed by atoms with E-state index in [1.807, 2.05) is 18.2 Å². The Morgan fingerprint density at radius 3 is 2.71 bits per heavy atom. The standard InChI is InChI=1S/C14H19ClOS/c1-12(16)17-10-5-3-2-4-7-13-8-6-9-14(15)11-13/h6,8-9,11H,2-5,7,10H2,1H3. The fourth-order valence-electron chi connectivity index (χ4n) is 1.69. The second kappa shape index (κ2) is 8.60. The lowest BCUT2D eigenvalue weighted by Gasteiger charge is -2.02. The Hall–Kier alpha value is -0.470. The van der Waals surface area contributed by atoms with Crippen LogP contribution in [0.15, 0.2) is 24.3 Å². The van der Waals surface area contributed by atoms with Gasteiger partial charge in [0.05, 0.1) is 0 Å². The molecule has 0 aliphatic rings. The molecular formula is C14H19ClOS. The summed E-state index contributed by atoms with van der Waals surface area (Å²) in [5.41, 5.74) is 1.32. The molecule has 0 saturated carbocycles. The van der Waals surface area contributed by atoms with Crippen LogP contribution in [0.4, 0.5) is 0 Å². The van der Waals surface area contributed by atoms with E-state index in [0.717, 1.165) is 23.6 Å². The Bertz CT molecular complexity index is 352. The minimum atomic E-state index is 0.226. The highest BCUT2D eigenvalue weighted by Crippen LogP contribution is 2.14. The molecule has 0 aliphatic carbocycles. The van der Waals surface area contributed by atoms with E-state index in [2.05, 4.69) is 6.07 Å². The fourth-order valence-corrected chi connectivity index (χ4v) is 2.54. The van der Waals surface area contributed by atoms with Crippen LogP contribution in [0, 0.1) is 0 Å². The van der Waals surface area contributed by atoms with Crippen molar-refractivity contribution in [3.8, 4) is 0 Å². The number of thioether (sulfide) groups is 1. The van der Waals surface area contributed by atoms with Crippen molar-refractivity contribution in [3.63, 3.8) is 0 Å². The van der Waals surface area contributed by atoms with Crippen molar-refractivity contribution in [3.05, 3.63) is 34.9 Å². The van der Waals surface area contributed by atoms with Crippen LogP contribution < -0.4 is 0 Å². The lowest BCUT2D eigenvalue weighted by Crippen LogP contribution is -1.89. The zero-order valence-electron chi connectivity index (χ0n) is 10.2. The van der Waals surface area contributed by atoms with Crippen LogP contribution in [0.25, 0.3) is 0 Å². The number of rotatable bonds is 7. The molecule has 0 aliphatic heterocycles. The molecule has 0 aromatic heterocycles. The summed E-state index contributed by atoms with van der Waals surface area (Å²) in [6.07, 6.45) is 5.87. The molecule has 0 radical (unpaired) electrons. The summed E-state index contributed by atoms with van der Waals surface area (Å²) < 4.78 is 0. The van der Waals surface area contributed by atoms with Gasteiger partial charge < -0.3 is 0 Å². The monoisotopic (exact) mass is 270 g/mol. The van der Waals surface area contributed by atoms with Gasteiger partial charge in [-0.1, -0.05) is 48.3 Å². The Morgan fingerprint density at radius 2 is 2.00 bits per heavy atom. The quantitative estimate of drug-likeness (QED) is 0.667. The van der Waals surface area contributed by atoms with Crippen LogP contribution in [0.2, 0.25) is 5.02 Å². The molecule has 0 amide bonds. The van der Waals surface area contributed by atoms with Gasteiger partial charge >= 0.3 is 0 Å². The van der Waals surface area contributed by atoms with Crippen molar-refractivity contribution in [2.75, 3.05) is 5.75 Å². The normalized spacial score (nSPS) is 10.5. The number of hydrogen-bond donors (Lipinski definition) is 0. The topological polar surface area (TPSA) is 17.1 Å². The van der Waals surface area contributed by atoms with Crippen molar-refractivity contribution in [1.29, 1.82) is 0 Å². The number of unbranched alkanes of at least 4 members (excludes halogenated alkanes) is 3. The van der Waals surface area contributed by atoms with Gasteiger partial charge in [-0.15, -0.1) is 0 Å². The average molecular weight is 271 g/mol. The van der Waals surface area contributed by atoms with E-state index in [9.17, 15) is 4.79 Å². The predicted molar refractivity (Wildman–Crippen MR) is 76.8 cm³/mol. The number of hydrogen-bond acceptors (Lipinski definition) is 2. The van der Waals surface area contributed by atoms with E-state index in [-0.39, 0.29) is 5.12 Å². The third-order valence-electron chi connectivity index (χ3n) is 2.55. The number of carbonyl (C=O) groups is 1. The maximum atomic E-state index is 10.7. The number of halogens is 1. The van der Waals surface area contributed by atoms with Gasteiger partial charge in [0.25, 0.3) is 0 Å². The summed E-state index contributed by atoms with van der Waals surface area (Å²) >= 11 is 7.35. The zero-order chi connectivity index (χ0) is 12.5. The molecule has 1 aromatic rings. The molecule has 3 heteroatoms. The third-order valence-corrected chi connectivity index (χ3v) is 3.69. The Kier molecular flexibility index (Phi) is 7.38. The molecule has 0 spiro atoms. The first-order valence-electron chi connectivity index (χ1n) is 6.06. The largest absolute Gasteiger partial charge is 0.288 e. The second-order valence-electron chi connectivity index (χ2n) is 4.13. The Labute approximate surface area is 113 Å². The molecule has 0 fully saturated rings. The summed E-state index contributed by atoms with van der Waals surface area (Å²) in [6, 6.07) is 8.07. The van der Waals surface area contributed by atoms with E-state index in [1.54, 1.807) is 6.92 Å². The van der Waals surface area contributed by atoms with E-state index in [1.165, 1.54) is 36.6 Å². The highest BCUT2D eigenvalue weighted by atomic mass is 35.5. The summed E-state index contributed by atoms with van der Waals surface area (Å²) in [5, 5.41) is 1.05. The minimum Gasteiger partial charge on any atom is -0.288 e. The number of aryl methyl sites for hydroxylation is 1. The van der Waals surface area contributed by atoms with E-state index < -0.39 is 0 Å². The van der Waals surface area contributed by atoms with Crippen molar-refractivity contribution in [2.24, 2.45) is 0 Å². The average Bonchev–Trinajstić information content (AvgIpc) is 2.27. The third kappa shape index (κ3) is 7.45. The molecule has 0 bridgehead atoms. The molecule has 94 valence electrons. The fraction of sp³-hybridized carbons (Fsp3) is 0.500. The molecule has 1 aromatic carbocycles. The molecule has 17 heavy (non-hydrogen) atoms. The van der Waals surface area contributed by atoms with Crippen LogP contribution in [-0.4, -0.2) is 10.9 Å². The maximum absolute atomic E-state index is 10.7. The smallest absolute Gasteiger partial charge is 0.185 e. The van der Waals surface area contributed by atoms with E-state index >= 15 is 0 Å². The number of carbonyl (C=O) groups excluding carboxylic acids is 1. The summed E-state index contributed by atoms with van der Waals surface area (Å²) in [7, 11) is 0. The van der Waals surface area contributed by atoms with E-state index in [4.69, 9.17) is 11.6 Å². The van der Waals surface area contributed by atoms with Gasteiger partial charge in [-0.25, -0.2) is 0 Å². The Balaban J connectivity index is 2.03. The maximum Gasteiger partial charge on any atom is 0.185 e. The van der Waals surface area contributed by atoms with Gasteiger partial charge in [-0.3, -0.25) is 4.79 Å². The lowest BCUT2D eigenvalue weighted by molar-refractivity contribution is -0.109. The predicted octanol–water partition coefficient (Wildman–Crippen LogP) is 4.72. The zero-order valence-corrected chi connectivity index (χ0v) is 11.8. The van der Waals surface area contributed by atoms with E-state index in [0.29, 0.717) is 0 Å². The molecule has 1 nitrogen and oxygen atoms in total. The first-order chi connectivity index (χ1) is 8.18. The van der Waals surface area contributed by atoms with Gasteiger partial charge in [0.1, 0.15) is 0 Å². The van der Waals surface area contributed by atoms with Crippen molar-refractivity contribution in [1.82, 2.24) is 0 Å². The van der Waals surface area contributed by atoms with Gasteiger partial charge in [-0.2, -0.15) is 0 Å². The molecule has 0 heterocycles. The van der Waals surface area contributed by atoms with Crippen LogP contribution >= 0.6 is 23.4 Å².